The minimum atomic E-state index is 0.361. The molecular weight excluding hydrogens is 202 g/mol. The van der Waals surface area contributed by atoms with Crippen molar-refractivity contribution in [2.75, 3.05) is 19.8 Å². The number of hydrogen-bond donors (Lipinski definition) is 1. The molecule has 0 aromatic rings. The maximum absolute atomic E-state index is 6.19. The average Bonchev–Trinajstić information content (AvgIpc) is 2.95. The van der Waals surface area contributed by atoms with Crippen molar-refractivity contribution in [1.29, 1.82) is 0 Å². The summed E-state index contributed by atoms with van der Waals surface area (Å²) >= 11 is 0. The molecule has 2 aliphatic carbocycles. The largest absolute Gasteiger partial charge is 0.381 e. The minimum absolute atomic E-state index is 0.361. The van der Waals surface area contributed by atoms with Crippen molar-refractivity contribution in [3.8, 4) is 0 Å². The summed E-state index contributed by atoms with van der Waals surface area (Å²) in [5.41, 5.74) is 6.55. The Bertz CT molecular complexity index is 244. The summed E-state index contributed by atoms with van der Waals surface area (Å²) < 4.78 is 11.5. The van der Waals surface area contributed by atoms with Crippen LogP contribution in [0.1, 0.15) is 38.5 Å². The van der Waals surface area contributed by atoms with Crippen LogP contribution in [0.5, 0.6) is 0 Å². The van der Waals surface area contributed by atoms with Gasteiger partial charge in [-0.1, -0.05) is 12.8 Å². The lowest BCUT2D eigenvalue weighted by Gasteiger charge is -2.52. The van der Waals surface area contributed by atoms with Crippen molar-refractivity contribution < 1.29 is 9.47 Å². The zero-order chi connectivity index (χ0) is 11.0. The summed E-state index contributed by atoms with van der Waals surface area (Å²) in [6.07, 6.45) is 7.98. The quantitative estimate of drug-likeness (QED) is 0.795. The van der Waals surface area contributed by atoms with Gasteiger partial charge in [0.15, 0.2) is 0 Å². The Kier molecular flexibility index (Phi) is 2.94. The molecule has 3 fully saturated rings. The van der Waals surface area contributed by atoms with Gasteiger partial charge in [0.25, 0.3) is 0 Å². The molecule has 1 saturated heterocycles. The van der Waals surface area contributed by atoms with Gasteiger partial charge in [0.2, 0.25) is 0 Å². The van der Waals surface area contributed by atoms with Crippen molar-refractivity contribution in [2.24, 2.45) is 17.1 Å². The molecule has 3 rings (SSSR count). The van der Waals surface area contributed by atoms with Gasteiger partial charge < -0.3 is 15.2 Å². The van der Waals surface area contributed by atoms with E-state index in [4.69, 9.17) is 15.2 Å². The standard InChI is InChI=1S/C13H23NO2/c14-11-7-12(13(11)4-1-2-5-13)16-9-10-3-6-15-8-10/h10-12H,1-9,14H2. The first-order valence-corrected chi connectivity index (χ1v) is 6.76. The molecule has 3 nitrogen and oxygen atoms in total. The van der Waals surface area contributed by atoms with Crippen molar-refractivity contribution in [2.45, 2.75) is 50.7 Å². The fourth-order valence-corrected chi connectivity index (χ4v) is 3.71. The van der Waals surface area contributed by atoms with Gasteiger partial charge in [-0.3, -0.25) is 0 Å². The summed E-state index contributed by atoms with van der Waals surface area (Å²) in [6.45, 7) is 2.70. The fraction of sp³-hybridized carbons (Fsp3) is 1.00. The molecule has 0 radical (unpaired) electrons. The van der Waals surface area contributed by atoms with Gasteiger partial charge in [-0.25, -0.2) is 0 Å². The Morgan fingerprint density at radius 3 is 2.75 bits per heavy atom. The van der Waals surface area contributed by atoms with E-state index in [1.807, 2.05) is 0 Å². The highest BCUT2D eigenvalue weighted by atomic mass is 16.5. The number of hydrogen-bond acceptors (Lipinski definition) is 3. The van der Waals surface area contributed by atoms with Crippen molar-refractivity contribution in [3.05, 3.63) is 0 Å². The fourth-order valence-electron chi connectivity index (χ4n) is 3.71. The van der Waals surface area contributed by atoms with Crippen molar-refractivity contribution in [1.82, 2.24) is 0 Å². The molecule has 3 aliphatic rings. The van der Waals surface area contributed by atoms with E-state index in [1.165, 1.54) is 32.1 Å². The van der Waals surface area contributed by atoms with E-state index in [9.17, 15) is 0 Å². The molecule has 92 valence electrons. The van der Waals surface area contributed by atoms with Crippen LogP contribution in [-0.4, -0.2) is 32.0 Å². The molecule has 1 heterocycles. The maximum atomic E-state index is 6.19. The Balaban J connectivity index is 1.51. The van der Waals surface area contributed by atoms with Gasteiger partial charge in [0.1, 0.15) is 0 Å². The van der Waals surface area contributed by atoms with Gasteiger partial charge in [-0.15, -0.1) is 0 Å². The van der Waals surface area contributed by atoms with E-state index in [0.29, 0.717) is 23.5 Å². The van der Waals surface area contributed by atoms with Gasteiger partial charge >= 0.3 is 0 Å². The summed E-state index contributed by atoms with van der Waals surface area (Å²) in [4.78, 5) is 0. The number of nitrogens with two attached hydrogens (primary N) is 1. The molecular formula is C13H23NO2. The molecule has 0 bridgehead atoms. The van der Waals surface area contributed by atoms with E-state index in [-0.39, 0.29) is 0 Å². The molecule has 0 aromatic carbocycles. The molecule has 3 heteroatoms. The highest BCUT2D eigenvalue weighted by molar-refractivity contribution is 5.08. The van der Waals surface area contributed by atoms with E-state index < -0.39 is 0 Å². The first-order chi connectivity index (χ1) is 7.81. The van der Waals surface area contributed by atoms with Crippen LogP contribution in [0.4, 0.5) is 0 Å². The molecule has 2 saturated carbocycles. The summed E-state index contributed by atoms with van der Waals surface area (Å²) in [5, 5.41) is 0. The molecule has 0 aromatic heterocycles. The molecule has 3 unspecified atom stereocenters. The average molecular weight is 225 g/mol. The van der Waals surface area contributed by atoms with Crippen LogP contribution in [-0.2, 0) is 9.47 Å². The molecule has 0 amide bonds. The SMILES string of the molecule is NC1CC(OCC2CCOC2)C12CCCC2. The maximum Gasteiger partial charge on any atom is 0.0661 e. The van der Waals surface area contributed by atoms with Crippen LogP contribution in [0.3, 0.4) is 0 Å². The highest BCUT2D eigenvalue weighted by Crippen LogP contribution is 2.53. The van der Waals surface area contributed by atoms with Gasteiger partial charge in [-0.2, -0.15) is 0 Å². The molecule has 3 atom stereocenters. The third-order valence-corrected chi connectivity index (χ3v) is 4.94. The zero-order valence-electron chi connectivity index (χ0n) is 9.99. The Morgan fingerprint density at radius 2 is 2.12 bits per heavy atom. The van der Waals surface area contributed by atoms with Crippen molar-refractivity contribution in [3.63, 3.8) is 0 Å². The van der Waals surface area contributed by atoms with Crippen LogP contribution in [0.15, 0.2) is 0 Å². The monoisotopic (exact) mass is 225 g/mol. The lowest BCUT2D eigenvalue weighted by atomic mass is 9.61. The highest BCUT2D eigenvalue weighted by Gasteiger charge is 2.55. The van der Waals surface area contributed by atoms with E-state index in [0.717, 1.165) is 26.2 Å². The Labute approximate surface area is 97.7 Å². The second kappa shape index (κ2) is 4.28. The van der Waals surface area contributed by atoms with Crippen LogP contribution in [0.25, 0.3) is 0 Å². The molecule has 1 aliphatic heterocycles. The lowest BCUT2D eigenvalue weighted by Crippen LogP contribution is -2.61. The topological polar surface area (TPSA) is 44.5 Å². The lowest BCUT2D eigenvalue weighted by molar-refractivity contribution is -0.131. The summed E-state index contributed by atoms with van der Waals surface area (Å²) in [6, 6.07) is 0.403. The number of ether oxygens (including phenoxy) is 2. The zero-order valence-corrected chi connectivity index (χ0v) is 9.99. The third kappa shape index (κ3) is 1.69. The second-order valence-electron chi connectivity index (χ2n) is 5.83. The first-order valence-electron chi connectivity index (χ1n) is 6.76. The minimum Gasteiger partial charge on any atom is -0.381 e. The van der Waals surface area contributed by atoms with Gasteiger partial charge in [-0.05, 0) is 25.7 Å². The van der Waals surface area contributed by atoms with Crippen molar-refractivity contribution >= 4 is 0 Å². The van der Waals surface area contributed by atoms with E-state index in [2.05, 4.69) is 0 Å². The Morgan fingerprint density at radius 1 is 1.31 bits per heavy atom. The van der Waals surface area contributed by atoms with Crippen LogP contribution in [0.2, 0.25) is 0 Å². The summed E-state index contributed by atoms with van der Waals surface area (Å²) in [7, 11) is 0. The Hall–Kier alpha value is -0.120. The van der Waals surface area contributed by atoms with Gasteiger partial charge in [0.05, 0.1) is 19.3 Å². The predicted molar refractivity (Wildman–Crippen MR) is 62.2 cm³/mol. The normalized spacial score (nSPS) is 41.4. The smallest absolute Gasteiger partial charge is 0.0661 e. The van der Waals surface area contributed by atoms with Crippen LogP contribution >= 0.6 is 0 Å². The molecule has 16 heavy (non-hydrogen) atoms. The summed E-state index contributed by atoms with van der Waals surface area (Å²) in [5.74, 6) is 0.635. The van der Waals surface area contributed by atoms with Gasteiger partial charge in [0, 0.05) is 24.0 Å². The van der Waals surface area contributed by atoms with E-state index in [1.54, 1.807) is 0 Å². The first kappa shape index (κ1) is 11.0. The molecule has 1 spiro atoms. The van der Waals surface area contributed by atoms with E-state index >= 15 is 0 Å². The second-order valence-corrected chi connectivity index (χ2v) is 5.83. The molecule has 2 N–H and O–H groups in total. The van der Waals surface area contributed by atoms with Crippen LogP contribution in [0, 0.1) is 11.3 Å². The van der Waals surface area contributed by atoms with Crippen LogP contribution < -0.4 is 5.73 Å². The third-order valence-electron chi connectivity index (χ3n) is 4.94. The number of rotatable bonds is 3. The predicted octanol–water partition coefficient (Wildman–Crippen LogP) is 1.70.